The zero-order valence-corrected chi connectivity index (χ0v) is 21.0. The maximum absolute atomic E-state index is 11.8. The number of nitrogens with zero attached hydrogens (tertiary/aromatic N) is 3. The normalized spacial score (nSPS) is 15.9. The van der Waals surface area contributed by atoms with Crippen LogP contribution in [0.3, 0.4) is 0 Å². The average molecular weight is 557 g/mol. The van der Waals surface area contributed by atoms with Crippen molar-refractivity contribution in [3.63, 3.8) is 0 Å². The summed E-state index contributed by atoms with van der Waals surface area (Å²) in [5, 5.41) is 10.2. The van der Waals surface area contributed by atoms with Crippen LogP contribution in [-0.2, 0) is 6.42 Å². The third-order valence-electron chi connectivity index (χ3n) is 5.00. The van der Waals surface area contributed by atoms with Crippen LogP contribution in [0.25, 0.3) is 0 Å². The molecule has 3 rings (SSSR count). The van der Waals surface area contributed by atoms with Crippen molar-refractivity contribution < 1.29 is 4.79 Å². The highest BCUT2D eigenvalue weighted by atomic mass is 127. The average Bonchev–Trinajstić information content (AvgIpc) is 3.22. The Morgan fingerprint density at radius 3 is 2.90 bits per heavy atom. The van der Waals surface area contributed by atoms with Crippen LogP contribution < -0.4 is 20.9 Å². The van der Waals surface area contributed by atoms with Gasteiger partial charge in [-0.05, 0) is 49.6 Å². The second-order valence-corrected chi connectivity index (χ2v) is 7.58. The van der Waals surface area contributed by atoms with E-state index in [9.17, 15) is 4.79 Å². The topological polar surface area (TPSA) is 81.6 Å². The van der Waals surface area contributed by atoms with Crippen molar-refractivity contribution in [2.45, 2.75) is 25.8 Å². The molecule has 1 saturated heterocycles. The minimum absolute atomic E-state index is 0. The third kappa shape index (κ3) is 7.24. The van der Waals surface area contributed by atoms with Crippen LogP contribution in [0.5, 0.6) is 0 Å². The number of hydrogen-bond acceptors (Lipinski definition) is 4. The Bertz CT molecular complexity index is 894. The number of guanidine groups is 1. The van der Waals surface area contributed by atoms with Gasteiger partial charge in [0, 0.05) is 51.0 Å². The highest BCUT2D eigenvalue weighted by Gasteiger charge is 2.25. The van der Waals surface area contributed by atoms with Gasteiger partial charge in [0.15, 0.2) is 5.96 Å². The number of pyridine rings is 1. The van der Waals surface area contributed by atoms with Crippen molar-refractivity contribution in [3.05, 3.63) is 58.7 Å². The minimum Gasteiger partial charge on any atom is -0.357 e. The highest BCUT2D eigenvalue weighted by Crippen LogP contribution is 2.25. The predicted octanol–water partition coefficient (Wildman–Crippen LogP) is 3.09. The van der Waals surface area contributed by atoms with E-state index in [1.807, 2.05) is 36.4 Å². The van der Waals surface area contributed by atoms with Gasteiger partial charge in [0.2, 0.25) is 0 Å². The first-order chi connectivity index (χ1) is 14.6. The van der Waals surface area contributed by atoms with Crippen LogP contribution in [0.15, 0.2) is 47.6 Å². The number of anilines is 1. The molecule has 1 fully saturated rings. The molecule has 9 heteroatoms. The van der Waals surface area contributed by atoms with Gasteiger partial charge in [-0.25, -0.2) is 4.98 Å². The molecule has 1 aliphatic heterocycles. The number of benzene rings is 1. The van der Waals surface area contributed by atoms with E-state index in [-0.39, 0.29) is 35.9 Å². The summed E-state index contributed by atoms with van der Waals surface area (Å²) < 4.78 is 0. The summed E-state index contributed by atoms with van der Waals surface area (Å²) in [6.45, 7) is 5.21. The number of aliphatic imine (C=N–C) groups is 1. The Kier molecular flexibility index (Phi) is 10.3. The minimum atomic E-state index is -0.0749. The van der Waals surface area contributed by atoms with Crippen molar-refractivity contribution in [2.75, 3.05) is 38.1 Å². The van der Waals surface area contributed by atoms with Gasteiger partial charge >= 0.3 is 0 Å². The number of rotatable bonds is 7. The molecule has 7 nitrogen and oxygen atoms in total. The lowest BCUT2D eigenvalue weighted by molar-refractivity contribution is 0.0963. The van der Waals surface area contributed by atoms with E-state index in [0.717, 1.165) is 49.8 Å². The van der Waals surface area contributed by atoms with E-state index in [1.54, 1.807) is 13.2 Å². The van der Waals surface area contributed by atoms with E-state index >= 15 is 0 Å². The fourth-order valence-electron chi connectivity index (χ4n) is 3.50. The molecule has 0 aliphatic carbocycles. The maximum Gasteiger partial charge on any atom is 0.251 e. The van der Waals surface area contributed by atoms with Crippen molar-refractivity contribution >= 4 is 53.3 Å². The SMILES string of the molecule is CCNC(=NCCc1cccc(C(=O)NC)c1)NC1CCN(c2ncccc2Cl)C1.I. The second kappa shape index (κ2) is 12.7. The Morgan fingerprint density at radius 1 is 1.32 bits per heavy atom. The van der Waals surface area contributed by atoms with Crippen LogP contribution in [0.4, 0.5) is 5.82 Å². The number of aromatic nitrogens is 1. The first-order valence-electron chi connectivity index (χ1n) is 10.3. The molecule has 0 radical (unpaired) electrons. The fourth-order valence-corrected chi connectivity index (χ4v) is 3.74. The number of hydrogen-bond donors (Lipinski definition) is 3. The van der Waals surface area contributed by atoms with Crippen molar-refractivity contribution in [1.82, 2.24) is 20.9 Å². The maximum atomic E-state index is 11.8. The molecule has 1 aromatic carbocycles. The summed E-state index contributed by atoms with van der Waals surface area (Å²) in [6, 6.07) is 11.7. The molecule has 1 aromatic heterocycles. The van der Waals surface area contributed by atoms with Gasteiger partial charge in [-0.3, -0.25) is 9.79 Å². The Balaban J connectivity index is 0.00000341. The summed E-state index contributed by atoms with van der Waals surface area (Å²) in [5.41, 5.74) is 1.76. The molecule has 2 heterocycles. The van der Waals surface area contributed by atoms with Gasteiger partial charge in [-0.15, -0.1) is 24.0 Å². The Labute approximate surface area is 206 Å². The van der Waals surface area contributed by atoms with Crippen molar-refractivity contribution in [3.8, 4) is 0 Å². The van der Waals surface area contributed by atoms with Crippen LogP contribution in [0, 0.1) is 0 Å². The molecule has 0 spiro atoms. The number of carbonyl (C=O) groups excluding carboxylic acids is 1. The fraction of sp³-hybridized carbons (Fsp3) is 0.409. The lowest BCUT2D eigenvalue weighted by atomic mass is 10.1. The Morgan fingerprint density at radius 2 is 2.16 bits per heavy atom. The number of halogens is 2. The van der Waals surface area contributed by atoms with Gasteiger partial charge in [0.25, 0.3) is 5.91 Å². The summed E-state index contributed by atoms with van der Waals surface area (Å²) in [7, 11) is 1.64. The summed E-state index contributed by atoms with van der Waals surface area (Å²) in [6.07, 6.45) is 3.53. The zero-order chi connectivity index (χ0) is 21.3. The van der Waals surface area contributed by atoms with E-state index in [1.165, 1.54) is 0 Å². The van der Waals surface area contributed by atoms with Crippen LogP contribution in [-0.4, -0.2) is 56.1 Å². The molecule has 3 N–H and O–H groups in total. The molecular formula is C22H30ClIN6O. The van der Waals surface area contributed by atoms with Crippen molar-refractivity contribution in [2.24, 2.45) is 4.99 Å². The zero-order valence-electron chi connectivity index (χ0n) is 17.9. The van der Waals surface area contributed by atoms with Gasteiger partial charge in [0.05, 0.1) is 5.02 Å². The van der Waals surface area contributed by atoms with Gasteiger partial charge in [0.1, 0.15) is 5.82 Å². The Hall–Kier alpha value is -2.07. The molecule has 168 valence electrons. The van der Waals surface area contributed by atoms with Crippen LogP contribution in [0.2, 0.25) is 5.02 Å². The molecular weight excluding hydrogens is 527 g/mol. The molecule has 1 aliphatic rings. The quantitative estimate of drug-likeness (QED) is 0.277. The van der Waals surface area contributed by atoms with Crippen molar-refractivity contribution in [1.29, 1.82) is 0 Å². The highest BCUT2D eigenvalue weighted by molar-refractivity contribution is 14.0. The molecule has 2 aromatic rings. The summed E-state index contributed by atoms with van der Waals surface area (Å²) >= 11 is 6.29. The largest absolute Gasteiger partial charge is 0.357 e. The van der Waals surface area contributed by atoms with Crippen LogP contribution in [0.1, 0.15) is 29.3 Å². The lowest BCUT2D eigenvalue weighted by Gasteiger charge is -2.20. The molecule has 0 saturated carbocycles. The molecule has 31 heavy (non-hydrogen) atoms. The molecule has 1 atom stereocenters. The predicted molar refractivity (Wildman–Crippen MR) is 138 cm³/mol. The molecule has 0 bridgehead atoms. The number of amides is 1. The number of carbonyl (C=O) groups is 1. The number of nitrogens with one attached hydrogen (secondary N) is 3. The summed E-state index contributed by atoms with van der Waals surface area (Å²) in [5.74, 6) is 1.56. The van der Waals surface area contributed by atoms with E-state index < -0.39 is 0 Å². The first-order valence-corrected chi connectivity index (χ1v) is 10.7. The van der Waals surface area contributed by atoms with Crippen LogP contribution >= 0.6 is 35.6 Å². The van der Waals surface area contributed by atoms with Gasteiger partial charge in [-0.1, -0.05) is 23.7 Å². The van der Waals surface area contributed by atoms with E-state index in [2.05, 4.69) is 32.8 Å². The first kappa shape index (κ1) is 25.2. The summed E-state index contributed by atoms with van der Waals surface area (Å²) in [4.78, 5) is 23.1. The monoisotopic (exact) mass is 556 g/mol. The second-order valence-electron chi connectivity index (χ2n) is 7.17. The van der Waals surface area contributed by atoms with Gasteiger partial charge < -0.3 is 20.9 Å². The van der Waals surface area contributed by atoms with E-state index in [4.69, 9.17) is 16.6 Å². The lowest BCUT2D eigenvalue weighted by Crippen LogP contribution is -2.44. The van der Waals surface area contributed by atoms with E-state index in [0.29, 0.717) is 17.1 Å². The third-order valence-corrected chi connectivity index (χ3v) is 5.29. The van der Waals surface area contributed by atoms with Gasteiger partial charge in [-0.2, -0.15) is 0 Å². The molecule has 1 unspecified atom stereocenters. The standard InChI is InChI=1S/C22H29ClN6O.HI/c1-3-25-22(27-12-9-16-6-4-7-17(14-16)21(30)24-2)28-18-10-13-29(15-18)20-19(23)8-5-11-26-20;/h4-8,11,14,18H,3,9-10,12-13,15H2,1-2H3,(H,24,30)(H2,25,27,28);1H. The smallest absolute Gasteiger partial charge is 0.251 e. The molecule has 1 amide bonds.